The summed E-state index contributed by atoms with van der Waals surface area (Å²) >= 11 is 0. The molecule has 0 amide bonds. The van der Waals surface area contributed by atoms with Crippen LogP contribution in [-0.2, 0) is 4.79 Å². The predicted octanol–water partition coefficient (Wildman–Crippen LogP) is 1.92. The van der Waals surface area contributed by atoms with E-state index >= 15 is 0 Å². The largest absolute Gasteiger partial charge is 0.511 e. The zero-order chi connectivity index (χ0) is 16.8. The summed E-state index contributed by atoms with van der Waals surface area (Å²) in [6.07, 6.45) is 2.52. The number of Topliss-reactive ketones (excluding diaryl/α,β-unsaturated/α-hetero) is 1. The Morgan fingerprint density at radius 3 is 2.67 bits per heavy atom. The molecule has 5 heteroatoms. The van der Waals surface area contributed by atoms with E-state index in [1.165, 1.54) is 0 Å². The van der Waals surface area contributed by atoms with E-state index < -0.39 is 0 Å². The Morgan fingerprint density at radius 1 is 1.21 bits per heavy atom. The molecule has 1 unspecified atom stereocenters. The maximum absolute atomic E-state index is 12.4. The SMILES string of the molecule is O=C1CC(c2ccccc2)CC(O)=C1C=NCCN1CCNCC1. The van der Waals surface area contributed by atoms with Gasteiger partial charge in [0, 0.05) is 51.8 Å². The minimum absolute atomic E-state index is 0.0153. The van der Waals surface area contributed by atoms with Crippen LogP contribution in [0.2, 0.25) is 0 Å². The van der Waals surface area contributed by atoms with E-state index in [0.29, 0.717) is 25.0 Å². The number of nitrogens with one attached hydrogen (secondary N) is 1. The van der Waals surface area contributed by atoms with Crippen molar-refractivity contribution in [3.63, 3.8) is 0 Å². The summed E-state index contributed by atoms with van der Waals surface area (Å²) in [6, 6.07) is 9.91. The highest BCUT2D eigenvalue weighted by Gasteiger charge is 2.27. The lowest BCUT2D eigenvalue weighted by molar-refractivity contribution is -0.116. The maximum Gasteiger partial charge on any atom is 0.168 e. The molecule has 0 bridgehead atoms. The Kier molecular flexibility index (Phi) is 5.77. The molecule has 1 aliphatic carbocycles. The first kappa shape index (κ1) is 16.9. The van der Waals surface area contributed by atoms with Crippen molar-refractivity contribution >= 4 is 12.0 Å². The van der Waals surface area contributed by atoms with Gasteiger partial charge in [0.15, 0.2) is 5.78 Å². The second kappa shape index (κ2) is 8.22. The fraction of sp³-hybridized carbons (Fsp3) is 0.474. The van der Waals surface area contributed by atoms with Crippen LogP contribution in [0.25, 0.3) is 0 Å². The van der Waals surface area contributed by atoms with Crippen LogP contribution in [0, 0.1) is 0 Å². The summed E-state index contributed by atoms with van der Waals surface area (Å²) in [7, 11) is 0. The molecule has 1 aromatic carbocycles. The van der Waals surface area contributed by atoms with Crippen molar-refractivity contribution < 1.29 is 9.90 Å². The number of aliphatic hydroxyl groups excluding tert-OH is 1. The fourth-order valence-electron chi connectivity index (χ4n) is 3.31. The van der Waals surface area contributed by atoms with Crippen LogP contribution >= 0.6 is 0 Å². The normalized spacial score (nSPS) is 23.2. The molecule has 1 saturated heterocycles. The molecule has 1 atom stereocenters. The number of nitrogens with zero attached hydrogens (tertiary/aromatic N) is 2. The van der Waals surface area contributed by atoms with Crippen molar-refractivity contribution in [3.05, 3.63) is 47.2 Å². The fourth-order valence-corrected chi connectivity index (χ4v) is 3.31. The number of rotatable bonds is 5. The quantitative estimate of drug-likeness (QED) is 0.811. The molecule has 2 N–H and O–H groups in total. The Labute approximate surface area is 143 Å². The summed E-state index contributed by atoms with van der Waals surface area (Å²) in [4.78, 5) is 19.1. The zero-order valence-electron chi connectivity index (χ0n) is 13.9. The maximum atomic E-state index is 12.4. The molecule has 0 saturated carbocycles. The van der Waals surface area contributed by atoms with Gasteiger partial charge >= 0.3 is 0 Å². The molecule has 1 aromatic rings. The third-order valence-corrected chi connectivity index (χ3v) is 4.73. The summed E-state index contributed by atoms with van der Waals surface area (Å²) < 4.78 is 0. The standard InChI is InChI=1S/C19H25N3O2/c23-18-12-16(15-4-2-1-3-5-15)13-19(24)17(18)14-21-8-11-22-9-6-20-7-10-22/h1-5,14,16,20,23H,6-13H2. The molecular formula is C19H25N3O2. The number of allylic oxidation sites excluding steroid dienone is 2. The first-order valence-electron chi connectivity index (χ1n) is 8.67. The van der Waals surface area contributed by atoms with Crippen LogP contribution < -0.4 is 5.32 Å². The Balaban J connectivity index is 1.56. The molecule has 5 nitrogen and oxygen atoms in total. The highest BCUT2D eigenvalue weighted by molar-refractivity contribution is 6.14. The van der Waals surface area contributed by atoms with Gasteiger partial charge in [0.05, 0.1) is 12.1 Å². The monoisotopic (exact) mass is 327 g/mol. The number of carbonyl (C=O) groups is 1. The van der Waals surface area contributed by atoms with Crippen LogP contribution in [0.15, 0.2) is 46.7 Å². The van der Waals surface area contributed by atoms with Gasteiger partial charge in [-0.2, -0.15) is 0 Å². The Bertz CT molecular complexity index is 619. The lowest BCUT2D eigenvalue weighted by atomic mass is 9.83. The lowest BCUT2D eigenvalue weighted by Crippen LogP contribution is -2.44. The molecule has 1 aliphatic heterocycles. The number of ketones is 1. The number of benzene rings is 1. The van der Waals surface area contributed by atoms with Crippen molar-refractivity contribution in [1.29, 1.82) is 0 Å². The molecule has 0 aromatic heterocycles. The van der Waals surface area contributed by atoms with Crippen LogP contribution in [0.1, 0.15) is 24.3 Å². The topological polar surface area (TPSA) is 64.9 Å². The zero-order valence-corrected chi connectivity index (χ0v) is 13.9. The van der Waals surface area contributed by atoms with Crippen molar-refractivity contribution in [1.82, 2.24) is 10.2 Å². The average molecular weight is 327 g/mol. The van der Waals surface area contributed by atoms with Crippen LogP contribution in [-0.4, -0.2) is 61.3 Å². The van der Waals surface area contributed by atoms with Gasteiger partial charge in [0.25, 0.3) is 0 Å². The third kappa shape index (κ3) is 4.30. The van der Waals surface area contributed by atoms with E-state index in [1.807, 2.05) is 30.3 Å². The van der Waals surface area contributed by atoms with Crippen LogP contribution in [0.4, 0.5) is 0 Å². The van der Waals surface area contributed by atoms with Gasteiger partial charge in [-0.15, -0.1) is 0 Å². The van der Waals surface area contributed by atoms with E-state index in [0.717, 1.165) is 38.3 Å². The number of carbonyl (C=O) groups excluding carboxylic acids is 1. The molecular weight excluding hydrogens is 302 g/mol. The second-order valence-corrected chi connectivity index (χ2v) is 6.43. The third-order valence-electron chi connectivity index (χ3n) is 4.73. The molecule has 24 heavy (non-hydrogen) atoms. The molecule has 0 spiro atoms. The first-order chi connectivity index (χ1) is 11.7. The number of aliphatic hydroxyl groups is 1. The lowest BCUT2D eigenvalue weighted by Gasteiger charge is -2.26. The van der Waals surface area contributed by atoms with E-state index in [4.69, 9.17) is 0 Å². The van der Waals surface area contributed by atoms with Crippen LogP contribution in [0.5, 0.6) is 0 Å². The number of hydrogen-bond acceptors (Lipinski definition) is 5. The van der Waals surface area contributed by atoms with E-state index in [9.17, 15) is 9.90 Å². The van der Waals surface area contributed by atoms with Crippen molar-refractivity contribution in [2.75, 3.05) is 39.3 Å². The van der Waals surface area contributed by atoms with Gasteiger partial charge in [0.2, 0.25) is 0 Å². The second-order valence-electron chi connectivity index (χ2n) is 6.43. The minimum atomic E-state index is -0.0153. The molecule has 1 fully saturated rings. The van der Waals surface area contributed by atoms with Crippen molar-refractivity contribution in [2.24, 2.45) is 4.99 Å². The van der Waals surface area contributed by atoms with E-state index in [-0.39, 0.29) is 17.5 Å². The predicted molar refractivity (Wildman–Crippen MR) is 95.7 cm³/mol. The first-order valence-corrected chi connectivity index (χ1v) is 8.67. The highest BCUT2D eigenvalue weighted by atomic mass is 16.3. The molecule has 3 rings (SSSR count). The molecule has 0 radical (unpaired) electrons. The Hall–Kier alpha value is -1.98. The summed E-state index contributed by atoms with van der Waals surface area (Å²) in [5.41, 5.74) is 1.49. The van der Waals surface area contributed by atoms with Gasteiger partial charge in [0.1, 0.15) is 5.76 Å². The highest BCUT2D eigenvalue weighted by Crippen LogP contribution is 2.32. The summed E-state index contributed by atoms with van der Waals surface area (Å²) in [5, 5.41) is 13.6. The average Bonchev–Trinajstić information content (AvgIpc) is 2.62. The summed E-state index contributed by atoms with van der Waals surface area (Å²) in [6.45, 7) is 5.69. The smallest absolute Gasteiger partial charge is 0.168 e. The van der Waals surface area contributed by atoms with Gasteiger partial charge < -0.3 is 10.4 Å². The van der Waals surface area contributed by atoms with E-state index in [2.05, 4.69) is 15.2 Å². The Morgan fingerprint density at radius 2 is 1.96 bits per heavy atom. The molecule has 1 heterocycles. The van der Waals surface area contributed by atoms with Gasteiger partial charge in [-0.25, -0.2) is 0 Å². The minimum Gasteiger partial charge on any atom is -0.511 e. The van der Waals surface area contributed by atoms with Gasteiger partial charge in [-0.05, 0) is 11.5 Å². The number of piperazine rings is 1. The molecule has 2 aliphatic rings. The van der Waals surface area contributed by atoms with Crippen molar-refractivity contribution in [3.8, 4) is 0 Å². The van der Waals surface area contributed by atoms with Crippen molar-refractivity contribution in [2.45, 2.75) is 18.8 Å². The van der Waals surface area contributed by atoms with E-state index in [1.54, 1.807) is 6.21 Å². The van der Waals surface area contributed by atoms with Gasteiger partial charge in [-0.1, -0.05) is 30.3 Å². The molecule has 128 valence electrons. The van der Waals surface area contributed by atoms with Gasteiger partial charge in [-0.3, -0.25) is 14.7 Å². The summed E-state index contributed by atoms with van der Waals surface area (Å²) in [5.74, 6) is 0.223. The number of aliphatic imine (C=N–C) groups is 1. The number of hydrogen-bond donors (Lipinski definition) is 2. The van der Waals surface area contributed by atoms with Crippen LogP contribution in [0.3, 0.4) is 0 Å².